The van der Waals surface area contributed by atoms with Gasteiger partial charge in [-0.2, -0.15) is 0 Å². The summed E-state index contributed by atoms with van der Waals surface area (Å²) >= 11 is 0. The second-order valence-corrected chi connectivity index (χ2v) is 3.26. The van der Waals surface area contributed by atoms with Crippen molar-refractivity contribution in [1.82, 2.24) is 4.98 Å². The summed E-state index contributed by atoms with van der Waals surface area (Å²) in [5.74, 6) is 0. The third-order valence-electron chi connectivity index (χ3n) is 2.29. The molecule has 1 heterocycles. The molecular weight excluding hydrogens is 158 g/mol. The number of hydrogen-bond acceptors (Lipinski definition) is 1. The first-order valence-electron chi connectivity index (χ1n) is 4.73. The van der Waals surface area contributed by atoms with Crippen LogP contribution in [0, 0.1) is 0 Å². The second-order valence-electron chi connectivity index (χ2n) is 3.26. The molecule has 0 fully saturated rings. The van der Waals surface area contributed by atoms with Gasteiger partial charge < -0.3 is 0 Å². The van der Waals surface area contributed by atoms with Crippen molar-refractivity contribution in [2.75, 3.05) is 0 Å². The maximum Gasteiger partial charge on any atom is 0.0346 e. The van der Waals surface area contributed by atoms with Gasteiger partial charge >= 0.3 is 0 Å². The van der Waals surface area contributed by atoms with Gasteiger partial charge in [-0.25, -0.2) is 0 Å². The Labute approximate surface area is 78.4 Å². The first-order chi connectivity index (χ1) is 6.42. The van der Waals surface area contributed by atoms with Crippen LogP contribution in [0.25, 0.3) is 10.8 Å². The highest BCUT2D eigenvalue weighted by atomic mass is 14.6. The SMILES string of the molecule is CCCc1cccc2cnccc12. The average Bonchev–Trinajstić information content (AvgIpc) is 2.19. The lowest BCUT2D eigenvalue weighted by molar-refractivity contribution is 0.929. The van der Waals surface area contributed by atoms with Crippen molar-refractivity contribution in [1.29, 1.82) is 0 Å². The molecule has 2 aromatic rings. The highest BCUT2D eigenvalue weighted by Crippen LogP contribution is 2.18. The molecule has 13 heavy (non-hydrogen) atoms. The first kappa shape index (κ1) is 8.24. The summed E-state index contributed by atoms with van der Waals surface area (Å²) < 4.78 is 0. The van der Waals surface area contributed by atoms with E-state index < -0.39 is 0 Å². The van der Waals surface area contributed by atoms with E-state index in [9.17, 15) is 0 Å². The number of pyridine rings is 1. The molecule has 2 rings (SSSR count). The van der Waals surface area contributed by atoms with E-state index in [-0.39, 0.29) is 0 Å². The summed E-state index contributed by atoms with van der Waals surface area (Å²) in [6.07, 6.45) is 6.14. The van der Waals surface area contributed by atoms with E-state index in [2.05, 4.69) is 36.2 Å². The maximum absolute atomic E-state index is 4.11. The van der Waals surface area contributed by atoms with Crippen LogP contribution in [0.4, 0.5) is 0 Å². The monoisotopic (exact) mass is 171 g/mol. The van der Waals surface area contributed by atoms with Crippen molar-refractivity contribution in [3.05, 3.63) is 42.2 Å². The second kappa shape index (κ2) is 3.56. The van der Waals surface area contributed by atoms with Gasteiger partial charge in [0.05, 0.1) is 0 Å². The van der Waals surface area contributed by atoms with Gasteiger partial charge in [0.25, 0.3) is 0 Å². The van der Waals surface area contributed by atoms with Crippen LogP contribution in [0.15, 0.2) is 36.7 Å². The highest BCUT2D eigenvalue weighted by molar-refractivity contribution is 5.84. The number of fused-ring (bicyclic) bond motifs is 1. The number of aromatic nitrogens is 1. The van der Waals surface area contributed by atoms with Crippen LogP contribution in [0.3, 0.4) is 0 Å². The van der Waals surface area contributed by atoms with Crippen LogP contribution in [0.1, 0.15) is 18.9 Å². The fraction of sp³-hybridized carbons (Fsp3) is 0.250. The molecule has 0 spiro atoms. The van der Waals surface area contributed by atoms with Gasteiger partial charge in [0.2, 0.25) is 0 Å². The largest absolute Gasteiger partial charge is 0.264 e. The molecule has 0 radical (unpaired) electrons. The van der Waals surface area contributed by atoms with Gasteiger partial charge in [-0.05, 0) is 23.4 Å². The number of aryl methyl sites for hydroxylation is 1. The van der Waals surface area contributed by atoms with Crippen LogP contribution in [0.5, 0.6) is 0 Å². The Morgan fingerprint density at radius 2 is 2.15 bits per heavy atom. The molecule has 0 amide bonds. The summed E-state index contributed by atoms with van der Waals surface area (Å²) in [4.78, 5) is 4.11. The minimum absolute atomic E-state index is 1.15. The molecule has 0 bridgehead atoms. The lowest BCUT2D eigenvalue weighted by Crippen LogP contribution is -1.85. The van der Waals surface area contributed by atoms with Crippen LogP contribution in [0.2, 0.25) is 0 Å². The quantitative estimate of drug-likeness (QED) is 0.676. The fourth-order valence-corrected chi connectivity index (χ4v) is 1.68. The third kappa shape index (κ3) is 1.55. The van der Waals surface area contributed by atoms with Gasteiger partial charge in [-0.3, -0.25) is 4.98 Å². The van der Waals surface area contributed by atoms with E-state index in [1.165, 1.54) is 22.8 Å². The van der Waals surface area contributed by atoms with Gasteiger partial charge in [0.1, 0.15) is 0 Å². The van der Waals surface area contributed by atoms with E-state index in [0.29, 0.717) is 0 Å². The standard InChI is InChI=1S/C12H13N/c1-2-4-10-5-3-6-11-9-13-8-7-12(10)11/h3,5-9H,2,4H2,1H3. The van der Waals surface area contributed by atoms with E-state index >= 15 is 0 Å². The predicted octanol–water partition coefficient (Wildman–Crippen LogP) is 3.19. The summed E-state index contributed by atoms with van der Waals surface area (Å²) in [5.41, 5.74) is 1.43. The predicted molar refractivity (Wildman–Crippen MR) is 55.7 cm³/mol. The highest BCUT2D eigenvalue weighted by Gasteiger charge is 1.97. The molecule has 0 aliphatic heterocycles. The van der Waals surface area contributed by atoms with Crippen molar-refractivity contribution < 1.29 is 0 Å². The first-order valence-corrected chi connectivity index (χ1v) is 4.73. The Bertz CT molecular complexity index is 401. The maximum atomic E-state index is 4.11. The molecular formula is C12H13N. The van der Waals surface area contributed by atoms with E-state index in [1.807, 2.05) is 12.4 Å². The lowest BCUT2D eigenvalue weighted by Gasteiger charge is -2.03. The molecule has 0 aliphatic rings. The Balaban J connectivity index is 2.61. The van der Waals surface area contributed by atoms with Crippen molar-refractivity contribution in [2.24, 2.45) is 0 Å². The van der Waals surface area contributed by atoms with E-state index in [1.54, 1.807) is 0 Å². The summed E-state index contributed by atoms with van der Waals surface area (Å²) in [5, 5.41) is 2.59. The lowest BCUT2D eigenvalue weighted by atomic mass is 10.0. The zero-order chi connectivity index (χ0) is 9.10. The van der Waals surface area contributed by atoms with Crippen molar-refractivity contribution in [2.45, 2.75) is 19.8 Å². The molecule has 1 aromatic carbocycles. The topological polar surface area (TPSA) is 12.9 Å². The molecule has 66 valence electrons. The molecule has 0 unspecified atom stereocenters. The zero-order valence-corrected chi connectivity index (χ0v) is 7.83. The Kier molecular flexibility index (Phi) is 2.26. The average molecular weight is 171 g/mol. The van der Waals surface area contributed by atoms with Gasteiger partial charge in [-0.1, -0.05) is 31.5 Å². The molecule has 0 saturated carbocycles. The van der Waals surface area contributed by atoms with Crippen molar-refractivity contribution >= 4 is 10.8 Å². The smallest absolute Gasteiger partial charge is 0.0346 e. The summed E-state index contributed by atoms with van der Waals surface area (Å²) in [7, 11) is 0. The van der Waals surface area contributed by atoms with Crippen LogP contribution < -0.4 is 0 Å². The molecule has 0 aliphatic carbocycles. The third-order valence-corrected chi connectivity index (χ3v) is 2.29. The zero-order valence-electron chi connectivity index (χ0n) is 7.83. The van der Waals surface area contributed by atoms with Gasteiger partial charge in [0.15, 0.2) is 0 Å². The fourth-order valence-electron chi connectivity index (χ4n) is 1.68. The number of nitrogens with zero attached hydrogens (tertiary/aromatic N) is 1. The van der Waals surface area contributed by atoms with Gasteiger partial charge in [-0.15, -0.1) is 0 Å². The summed E-state index contributed by atoms with van der Waals surface area (Å²) in [6.45, 7) is 2.21. The molecule has 1 heteroatoms. The normalized spacial score (nSPS) is 10.5. The minimum atomic E-state index is 1.15. The minimum Gasteiger partial charge on any atom is -0.264 e. The van der Waals surface area contributed by atoms with Crippen LogP contribution >= 0.6 is 0 Å². The Hall–Kier alpha value is -1.37. The van der Waals surface area contributed by atoms with E-state index in [0.717, 1.165) is 6.42 Å². The molecule has 0 N–H and O–H groups in total. The number of hydrogen-bond donors (Lipinski definition) is 0. The molecule has 1 nitrogen and oxygen atoms in total. The van der Waals surface area contributed by atoms with E-state index in [4.69, 9.17) is 0 Å². The number of benzene rings is 1. The molecule has 0 saturated heterocycles. The molecule has 0 atom stereocenters. The van der Waals surface area contributed by atoms with Gasteiger partial charge in [0, 0.05) is 17.8 Å². The van der Waals surface area contributed by atoms with Crippen molar-refractivity contribution in [3.8, 4) is 0 Å². The Morgan fingerprint density at radius 3 is 3.00 bits per heavy atom. The molecule has 1 aromatic heterocycles. The summed E-state index contributed by atoms with van der Waals surface area (Å²) in [6, 6.07) is 8.52. The number of rotatable bonds is 2. The van der Waals surface area contributed by atoms with Crippen LogP contribution in [-0.4, -0.2) is 4.98 Å². The van der Waals surface area contributed by atoms with Crippen LogP contribution in [-0.2, 0) is 6.42 Å². The Morgan fingerprint density at radius 1 is 1.23 bits per heavy atom. The van der Waals surface area contributed by atoms with Crippen molar-refractivity contribution in [3.63, 3.8) is 0 Å².